The van der Waals surface area contributed by atoms with Crippen LogP contribution in [0.15, 0.2) is 0 Å². The molecule has 0 aromatic carbocycles. The number of hydrogen-bond donors (Lipinski definition) is 0. The third kappa shape index (κ3) is 503. The van der Waals surface area contributed by atoms with E-state index in [1.54, 1.807) is 0 Å². The highest BCUT2D eigenvalue weighted by Crippen LogP contribution is 1.31. The van der Waals surface area contributed by atoms with Gasteiger partial charge in [0.1, 0.15) is 0 Å². The molecule has 5 nitrogen and oxygen atoms in total. The van der Waals surface area contributed by atoms with Crippen molar-refractivity contribution < 1.29 is 19.8 Å². The van der Waals surface area contributed by atoms with Crippen molar-refractivity contribution in [2.24, 2.45) is 0 Å². The first-order valence-corrected chi connectivity index (χ1v) is 1.82. The van der Waals surface area contributed by atoms with Crippen LogP contribution in [-0.2, 0) is 23.1 Å². The van der Waals surface area contributed by atoms with E-state index in [0.717, 1.165) is 13.8 Å². The highest BCUT2D eigenvalue weighted by molar-refractivity contribution is 7.37. The topological polar surface area (TPSA) is 111 Å². The van der Waals surface area contributed by atoms with Gasteiger partial charge in [-0.2, -0.15) is 0 Å². The zero-order chi connectivity index (χ0) is 7.15. The van der Waals surface area contributed by atoms with Crippen molar-refractivity contribution >= 4 is 25.4 Å². The van der Waals surface area contributed by atoms with Gasteiger partial charge in [0.25, 0.3) is 0 Å². The summed E-state index contributed by atoms with van der Waals surface area (Å²) in [6.07, 6.45) is 0. The van der Waals surface area contributed by atoms with E-state index in [1.807, 2.05) is 0 Å². The summed E-state index contributed by atoms with van der Waals surface area (Å²) in [5, 5.41) is 17.8. The Morgan fingerprint density at radius 1 is 1.00 bits per heavy atom. The molecule has 6 heteroatoms. The Morgan fingerprint density at radius 3 is 1.00 bits per heavy atom. The molecule has 0 aromatic rings. The molecule has 0 saturated carbocycles. The molecule has 0 N–H and O–H groups in total. The Balaban J connectivity index is -0.0000000300. The minimum Gasteiger partial charge on any atom is -0.550 e. The maximum atomic E-state index is 8.89. The van der Waals surface area contributed by atoms with E-state index in [4.69, 9.17) is 19.8 Å². The van der Waals surface area contributed by atoms with E-state index >= 15 is 0 Å². The van der Waals surface area contributed by atoms with Gasteiger partial charge in [0.2, 0.25) is 0 Å². The standard InChI is InChI=1S/2C2H4O2.N.S/c2*1-2(3)4;;/h2*1H3,(H,3,4);;/q;;;+2/p-2. The van der Waals surface area contributed by atoms with Gasteiger partial charge in [-0.25, -0.2) is 0 Å². The molecule has 0 atom stereocenters. The number of carbonyl (C=O) groups is 2. The zero-order valence-corrected chi connectivity index (χ0v) is 6.30. The van der Waals surface area contributed by atoms with Crippen LogP contribution < -0.4 is 16.4 Å². The van der Waals surface area contributed by atoms with Gasteiger partial charge in [0.05, 0.1) is 0 Å². The van der Waals surface area contributed by atoms with Crippen molar-refractivity contribution in [3.63, 3.8) is 0 Å². The summed E-state index contributed by atoms with van der Waals surface area (Å²) >= 11 is 0. The van der Waals surface area contributed by atoms with Crippen molar-refractivity contribution in [3.05, 3.63) is 0 Å². The van der Waals surface area contributed by atoms with Crippen molar-refractivity contribution in [2.75, 3.05) is 0 Å². The van der Waals surface area contributed by atoms with Crippen molar-refractivity contribution in [3.8, 4) is 0 Å². The van der Waals surface area contributed by atoms with Gasteiger partial charge >= 0.3 is 13.5 Å². The number of hydrogen-bond acceptors (Lipinski definition) is 4. The SMILES string of the molecule is CC(=O)[O-].CC(=O)[O-].[N].[S+2]. The van der Waals surface area contributed by atoms with Crippen molar-refractivity contribution in [1.82, 2.24) is 6.15 Å². The van der Waals surface area contributed by atoms with E-state index in [9.17, 15) is 0 Å². The lowest BCUT2D eigenvalue weighted by atomic mass is 10.9. The van der Waals surface area contributed by atoms with Crippen LogP contribution in [0, 0.1) is 0 Å². The molecule has 57 valence electrons. The molecule has 0 aliphatic heterocycles. The second-order valence-electron chi connectivity index (χ2n) is 0.983. The number of rotatable bonds is 0. The highest BCUT2D eigenvalue weighted by Gasteiger charge is 2.00. The van der Waals surface area contributed by atoms with Crippen molar-refractivity contribution in [1.29, 1.82) is 0 Å². The first-order valence-electron chi connectivity index (χ1n) is 1.82. The summed E-state index contributed by atoms with van der Waals surface area (Å²) in [5.74, 6) is -2.17. The second kappa shape index (κ2) is 15.7. The Labute approximate surface area is 66.1 Å². The summed E-state index contributed by atoms with van der Waals surface area (Å²) < 4.78 is 0. The quantitative estimate of drug-likeness (QED) is 0.380. The lowest BCUT2D eigenvalue weighted by Gasteiger charge is -1.77. The van der Waals surface area contributed by atoms with Gasteiger partial charge in [0, 0.05) is 18.1 Å². The molecule has 0 unspecified atom stereocenters. The van der Waals surface area contributed by atoms with Crippen LogP contribution in [-0.4, -0.2) is 11.9 Å². The average Bonchev–Trinajstić information content (AvgIpc) is 1.25. The van der Waals surface area contributed by atoms with E-state index in [2.05, 4.69) is 0 Å². The maximum Gasteiger partial charge on any atom is 2.00 e. The molecule has 0 amide bonds. The van der Waals surface area contributed by atoms with Gasteiger partial charge < -0.3 is 19.8 Å². The summed E-state index contributed by atoms with van der Waals surface area (Å²) in [7, 11) is 0. The average molecular weight is 164 g/mol. The van der Waals surface area contributed by atoms with E-state index < -0.39 is 11.9 Å². The Hall–Kier alpha value is -0.750. The fourth-order valence-electron chi connectivity index (χ4n) is 0. The van der Waals surface area contributed by atoms with Crippen LogP contribution >= 0.6 is 0 Å². The van der Waals surface area contributed by atoms with E-state index in [0.29, 0.717) is 0 Å². The molecule has 0 aliphatic rings. The van der Waals surface area contributed by atoms with Crippen LogP contribution in [0.2, 0.25) is 0 Å². The first kappa shape index (κ1) is 22.8. The van der Waals surface area contributed by atoms with Gasteiger partial charge in [0.15, 0.2) is 0 Å². The second-order valence-corrected chi connectivity index (χ2v) is 0.983. The third-order valence-electron chi connectivity index (χ3n) is 0. The molecule has 0 bridgehead atoms. The maximum absolute atomic E-state index is 8.89. The molecule has 0 spiro atoms. The number of carboxylic acid groups (broad SMARTS) is 2. The molecule has 0 rings (SSSR count). The van der Waals surface area contributed by atoms with Gasteiger partial charge in [-0.05, 0) is 13.8 Å². The molecule has 10 heavy (non-hydrogen) atoms. The van der Waals surface area contributed by atoms with E-state index in [1.165, 1.54) is 0 Å². The summed E-state index contributed by atoms with van der Waals surface area (Å²) in [6, 6.07) is 0. The minimum atomic E-state index is -1.08. The molecule has 0 heterocycles. The largest absolute Gasteiger partial charge is 2.00 e. The van der Waals surface area contributed by atoms with Crippen LogP contribution in [0.1, 0.15) is 13.8 Å². The Bertz CT molecular complexity index is 75.3. The van der Waals surface area contributed by atoms with Crippen LogP contribution in [0.3, 0.4) is 0 Å². The molecular weight excluding hydrogens is 158 g/mol. The smallest absolute Gasteiger partial charge is 0.550 e. The third-order valence-corrected chi connectivity index (χ3v) is 0. The highest BCUT2D eigenvalue weighted by atomic mass is 32.1. The normalized spacial score (nSPS) is 5.00. The first-order chi connectivity index (χ1) is 3.46. The van der Waals surface area contributed by atoms with Gasteiger partial charge in [-0.1, -0.05) is 0 Å². The molecule has 0 aliphatic carbocycles. The molecule has 0 saturated heterocycles. The van der Waals surface area contributed by atoms with Gasteiger partial charge in [-0.15, -0.1) is 0 Å². The number of nitrogens with zero attached hydrogens (tertiary/aromatic N) is 1. The molecule has 0 fully saturated rings. The summed E-state index contributed by atoms with van der Waals surface area (Å²) in [4.78, 5) is 17.8. The van der Waals surface area contributed by atoms with E-state index in [-0.39, 0.29) is 19.6 Å². The monoisotopic (exact) mass is 164 g/mol. The van der Waals surface area contributed by atoms with Crippen LogP contribution in [0.25, 0.3) is 0 Å². The summed E-state index contributed by atoms with van der Waals surface area (Å²) in [5.41, 5.74) is 0. The molecule has 0 aromatic heterocycles. The predicted molar refractivity (Wildman–Crippen MR) is 30.9 cm³/mol. The Morgan fingerprint density at radius 2 is 1.00 bits per heavy atom. The minimum absolute atomic E-state index is 0. The van der Waals surface area contributed by atoms with Crippen LogP contribution in [0.4, 0.5) is 0 Å². The fraction of sp³-hybridized carbons (Fsp3) is 0.500. The molecule has 7 radical (unpaired) electrons. The lowest BCUT2D eigenvalue weighted by molar-refractivity contribution is -0.303. The fourth-order valence-corrected chi connectivity index (χ4v) is 0. The number of carbonyl (C=O) groups excluding carboxylic acids is 2. The zero-order valence-electron chi connectivity index (χ0n) is 5.49. The predicted octanol–water partition coefficient (Wildman–Crippen LogP) is -2.97. The lowest BCUT2D eigenvalue weighted by Crippen LogP contribution is -2.16. The van der Waals surface area contributed by atoms with Crippen molar-refractivity contribution in [2.45, 2.75) is 13.8 Å². The Kier molecular flexibility index (Phi) is 35.9. The molecular formula is C4H6NO4S. The van der Waals surface area contributed by atoms with Gasteiger partial charge in [-0.3, -0.25) is 0 Å². The number of aliphatic carboxylic acids is 2. The van der Waals surface area contributed by atoms with Crippen LogP contribution in [0.5, 0.6) is 0 Å². The summed E-state index contributed by atoms with van der Waals surface area (Å²) in [6.45, 7) is 1.94. The number of carboxylic acids is 2.